The smallest absolute Gasteiger partial charge is 0.316 e. The largest absolute Gasteiger partial charge is 0.497 e. The van der Waals surface area contributed by atoms with Gasteiger partial charge in [-0.3, -0.25) is 19.2 Å². The third-order valence-corrected chi connectivity index (χ3v) is 8.78. The zero-order valence-corrected chi connectivity index (χ0v) is 20.3. The Morgan fingerprint density at radius 1 is 0.865 bits per heavy atom. The van der Waals surface area contributed by atoms with Crippen molar-refractivity contribution in [2.45, 2.75) is 12.8 Å². The molecular weight excluding hydrogens is 472 g/mol. The van der Waals surface area contributed by atoms with Crippen LogP contribution < -0.4 is 19.3 Å². The van der Waals surface area contributed by atoms with Crippen molar-refractivity contribution in [3.05, 3.63) is 60.7 Å². The number of carbonyl (C=O) groups excluding carboxylic acids is 4. The Labute approximate surface area is 213 Å². The molecule has 8 rings (SSSR count). The lowest BCUT2D eigenvalue weighted by atomic mass is 9.63. The van der Waals surface area contributed by atoms with E-state index in [-0.39, 0.29) is 60.1 Å². The first-order chi connectivity index (χ1) is 17.9. The van der Waals surface area contributed by atoms with E-state index < -0.39 is 11.9 Å². The molecule has 4 fully saturated rings. The molecule has 6 aliphatic rings. The van der Waals surface area contributed by atoms with Crippen molar-refractivity contribution < 1.29 is 28.7 Å². The number of imide groups is 1. The number of benzene rings is 2. The van der Waals surface area contributed by atoms with Crippen LogP contribution in [0.1, 0.15) is 12.8 Å². The minimum absolute atomic E-state index is 0.0420. The normalized spacial score (nSPS) is 33.0. The fourth-order valence-electron chi connectivity index (χ4n) is 6.99. The van der Waals surface area contributed by atoms with E-state index in [9.17, 15) is 19.2 Å². The molecule has 0 N–H and O–H groups in total. The van der Waals surface area contributed by atoms with Gasteiger partial charge in [0, 0.05) is 30.8 Å². The van der Waals surface area contributed by atoms with Crippen LogP contribution in [0.5, 0.6) is 11.5 Å². The van der Waals surface area contributed by atoms with Crippen molar-refractivity contribution in [3.63, 3.8) is 0 Å². The minimum atomic E-state index is -0.631. The third-order valence-electron chi connectivity index (χ3n) is 8.78. The molecule has 37 heavy (non-hydrogen) atoms. The van der Waals surface area contributed by atoms with Gasteiger partial charge in [0.2, 0.25) is 17.7 Å². The van der Waals surface area contributed by atoms with Gasteiger partial charge in [-0.05, 0) is 54.4 Å². The van der Waals surface area contributed by atoms with Crippen molar-refractivity contribution in [1.82, 2.24) is 0 Å². The number of amides is 3. The number of rotatable bonds is 5. The zero-order valence-electron chi connectivity index (χ0n) is 20.3. The van der Waals surface area contributed by atoms with Crippen molar-refractivity contribution >= 4 is 35.1 Å². The molecule has 8 heteroatoms. The minimum Gasteiger partial charge on any atom is -0.497 e. The van der Waals surface area contributed by atoms with Gasteiger partial charge in [-0.25, -0.2) is 4.90 Å². The van der Waals surface area contributed by atoms with Crippen molar-refractivity contribution in [1.29, 1.82) is 0 Å². The molecule has 3 amide bonds. The molecule has 2 aromatic carbocycles. The number of anilines is 2. The number of ether oxygens (including phenoxy) is 2. The third kappa shape index (κ3) is 3.35. The molecule has 2 bridgehead atoms. The maximum absolute atomic E-state index is 13.4. The summed E-state index contributed by atoms with van der Waals surface area (Å²) >= 11 is 0. The molecule has 2 saturated carbocycles. The highest BCUT2D eigenvalue weighted by Gasteiger charge is 2.67. The topological polar surface area (TPSA) is 93.2 Å². The molecule has 0 aromatic heterocycles. The van der Waals surface area contributed by atoms with Gasteiger partial charge < -0.3 is 14.4 Å². The van der Waals surface area contributed by atoms with Gasteiger partial charge in [0.15, 0.2) is 0 Å². The number of hydrogen-bond donors (Lipinski definition) is 0. The molecule has 2 aliphatic heterocycles. The molecule has 2 heterocycles. The molecular formula is C29H26N2O6. The lowest BCUT2D eigenvalue weighted by Gasteiger charge is -2.37. The van der Waals surface area contributed by atoms with Crippen LogP contribution in [0.4, 0.5) is 11.4 Å². The Balaban J connectivity index is 1.07. The number of hydrogen-bond acceptors (Lipinski definition) is 6. The van der Waals surface area contributed by atoms with E-state index in [1.807, 2.05) is 0 Å². The van der Waals surface area contributed by atoms with E-state index in [4.69, 9.17) is 9.47 Å². The summed E-state index contributed by atoms with van der Waals surface area (Å²) in [5, 5.41) is 0. The van der Waals surface area contributed by atoms with Crippen LogP contribution in [0.25, 0.3) is 0 Å². The Bertz CT molecular complexity index is 1350. The molecule has 188 valence electrons. The summed E-state index contributed by atoms with van der Waals surface area (Å²) in [5.74, 6) is 0.0301. The Morgan fingerprint density at radius 3 is 2.16 bits per heavy atom. The van der Waals surface area contributed by atoms with Crippen LogP contribution in [0.3, 0.4) is 0 Å². The predicted octanol–water partition coefficient (Wildman–Crippen LogP) is 3.21. The quantitative estimate of drug-likeness (QED) is 0.272. The number of allylic oxidation sites excluding steroid dienone is 2. The average Bonchev–Trinajstić information content (AvgIpc) is 3.58. The first-order valence-corrected chi connectivity index (χ1v) is 12.8. The molecule has 0 spiro atoms. The predicted molar refractivity (Wildman–Crippen MR) is 133 cm³/mol. The monoisotopic (exact) mass is 498 g/mol. The summed E-state index contributed by atoms with van der Waals surface area (Å²) < 4.78 is 10.9. The summed E-state index contributed by atoms with van der Waals surface area (Å²) in [5.41, 5.74) is 1.08. The molecule has 2 aromatic rings. The van der Waals surface area contributed by atoms with E-state index in [1.54, 1.807) is 60.5 Å². The highest BCUT2D eigenvalue weighted by Crippen LogP contribution is 2.65. The first kappa shape index (κ1) is 22.3. The Kier molecular flexibility index (Phi) is 4.83. The van der Waals surface area contributed by atoms with Crippen LogP contribution in [-0.2, 0) is 19.2 Å². The van der Waals surface area contributed by atoms with Crippen molar-refractivity contribution in [2.24, 2.45) is 41.4 Å². The molecule has 0 radical (unpaired) electrons. The van der Waals surface area contributed by atoms with E-state index >= 15 is 0 Å². The van der Waals surface area contributed by atoms with E-state index in [0.717, 1.165) is 6.42 Å². The number of methoxy groups -OCH3 is 1. The van der Waals surface area contributed by atoms with Gasteiger partial charge in [-0.1, -0.05) is 24.3 Å². The Hall–Kier alpha value is -3.94. The molecule has 2 saturated heterocycles. The molecule has 0 unspecified atom stereocenters. The highest BCUT2D eigenvalue weighted by atomic mass is 16.5. The van der Waals surface area contributed by atoms with Crippen LogP contribution in [-0.4, -0.2) is 37.3 Å². The van der Waals surface area contributed by atoms with Gasteiger partial charge in [0.25, 0.3) is 0 Å². The second-order valence-corrected chi connectivity index (χ2v) is 10.7. The van der Waals surface area contributed by atoms with Gasteiger partial charge in [-0.15, -0.1) is 0 Å². The van der Waals surface area contributed by atoms with E-state index in [0.29, 0.717) is 29.0 Å². The highest BCUT2D eigenvalue weighted by molar-refractivity contribution is 6.22. The van der Waals surface area contributed by atoms with Crippen LogP contribution in [0.2, 0.25) is 0 Å². The standard InChI is InChI=1S/C29H26N2O6/c1-36-18-6-2-4-16(11-18)30-14-15(10-24(30)32)29(35)37-19-7-3-5-17(12-19)31-27(33)25-20-8-9-21(23-13-22(20)23)26(25)28(31)34/h2-9,11-12,15,20-23,25-26H,10,13-14H2,1H3/t15-,20-,21-,22-,23+,25+,26-/m1/s1. The summed E-state index contributed by atoms with van der Waals surface area (Å²) in [4.78, 5) is 55.3. The van der Waals surface area contributed by atoms with Crippen molar-refractivity contribution in [3.8, 4) is 11.5 Å². The lowest BCUT2D eigenvalue weighted by Crippen LogP contribution is -2.40. The number of esters is 1. The van der Waals surface area contributed by atoms with Gasteiger partial charge in [0.05, 0.1) is 30.6 Å². The maximum Gasteiger partial charge on any atom is 0.316 e. The average molecular weight is 499 g/mol. The van der Waals surface area contributed by atoms with Crippen molar-refractivity contribution in [2.75, 3.05) is 23.5 Å². The van der Waals surface area contributed by atoms with Crippen LogP contribution in [0, 0.1) is 41.4 Å². The zero-order chi connectivity index (χ0) is 25.4. The second kappa shape index (κ2) is 8.03. The van der Waals surface area contributed by atoms with Gasteiger partial charge in [-0.2, -0.15) is 0 Å². The molecule has 4 aliphatic carbocycles. The number of carbonyl (C=O) groups is 4. The van der Waals surface area contributed by atoms with Gasteiger partial charge in [0.1, 0.15) is 11.5 Å². The molecule has 8 nitrogen and oxygen atoms in total. The molecule has 7 atom stereocenters. The summed E-state index contributed by atoms with van der Waals surface area (Å²) in [6, 6.07) is 13.7. The van der Waals surface area contributed by atoms with E-state index in [2.05, 4.69) is 12.2 Å². The van der Waals surface area contributed by atoms with Gasteiger partial charge >= 0.3 is 5.97 Å². The van der Waals surface area contributed by atoms with Crippen LogP contribution >= 0.6 is 0 Å². The summed E-state index contributed by atoms with van der Waals surface area (Å²) in [7, 11) is 1.56. The van der Waals surface area contributed by atoms with E-state index in [1.165, 1.54) is 4.90 Å². The Morgan fingerprint density at radius 2 is 1.49 bits per heavy atom. The summed E-state index contributed by atoms with van der Waals surface area (Å²) in [6.07, 6.45) is 5.44. The van der Waals surface area contributed by atoms with Crippen LogP contribution in [0.15, 0.2) is 60.7 Å². The summed E-state index contributed by atoms with van der Waals surface area (Å²) in [6.45, 7) is 0.203. The second-order valence-electron chi connectivity index (χ2n) is 10.7. The maximum atomic E-state index is 13.4. The SMILES string of the molecule is COc1cccc(N2C[C@H](C(=O)Oc3cccc(N4C(=O)[C@@H]5[C@@H]6C=C[C@H]([C@H]7C[C@@H]67)[C@@H]5C4=O)c3)CC2=O)c1. The fourth-order valence-corrected chi connectivity index (χ4v) is 6.99. The fraction of sp³-hybridized carbons (Fsp3) is 0.379. The lowest BCUT2D eigenvalue weighted by molar-refractivity contribution is -0.139. The first-order valence-electron chi connectivity index (χ1n) is 12.8. The number of nitrogens with zero attached hydrogens (tertiary/aromatic N) is 2.